The van der Waals surface area contributed by atoms with E-state index in [-0.39, 0.29) is 52.4 Å². The lowest BCUT2D eigenvalue weighted by Gasteiger charge is -2.39. The van der Waals surface area contributed by atoms with Crippen LogP contribution in [0.15, 0.2) is 12.1 Å². The molecule has 5 rings (SSSR count). The summed E-state index contributed by atoms with van der Waals surface area (Å²) in [5, 5.41) is 6.39. The zero-order chi connectivity index (χ0) is 26.2. The van der Waals surface area contributed by atoms with Crippen molar-refractivity contribution in [2.75, 3.05) is 13.2 Å². The number of halogens is 1. The number of hydrogen-bond donors (Lipinski definition) is 2. The standard InChI is InChI=1S/C30H43FN2O4/c1-4-36-24-16-23(31)25(37-21-10-6-18(2)7-11-21)15-22(24)28(34)33-27-20-9-8-19(14-20)26(27)29(35)32-17-30(3)12-5-13-30/h15-16,18-21,26-27H,4-14,17H2,1-3H3,(H,32,35)(H,33,34)/t18-,19-,20+,21-,26+,27-/m1/s1. The lowest BCUT2D eigenvalue weighted by Crippen LogP contribution is -2.51. The quantitative estimate of drug-likeness (QED) is 0.448. The first-order chi connectivity index (χ1) is 17.8. The molecule has 4 fully saturated rings. The molecule has 0 aliphatic heterocycles. The van der Waals surface area contributed by atoms with Crippen molar-refractivity contribution in [3.05, 3.63) is 23.5 Å². The van der Waals surface area contributed by atoms with Gasteiger partial charge in [-0.3, -0.25) is 9.59 Å². The van der Waals surface area contributed by atoms with Crippen LogP contribution >= 0.6 is 0 Å². The van der Waals surface area contributed by atoms with E-state index < -0.39 is 5.82 Å². The molecule has 4 aliphatic carbocycles. The largest absolute Gasteiger partial charge is 0.493 e. The highest BCUT2D eigenvalue weighted by Crippen LogP contribution is 2.49. The SMILES string of the molecule is CCOc1cc(F)c(O[C@H]2CC[C@H](C)CC2)cc1C(=O)N[C@@H]1[C@H]2CC[C@H](C2)[C@@H]1C(=O)NCC1(C)CCC1. The molecule has 1 aromatic carbocycles. The van der Waals surface area contributed by atoms with Crippen LogP contribution in [-0.2, 0) is 4.79 Å². The summed E-state index contributed by atoms with van der Waals surface area (Å²) in [6, 6.07) is 2.54. The molecule has 0 aromatic heterocycles. The smallest absolute Gasteiger partial charge is 0.255 e. The van der Waals surface area contributed by atoms with Crippen molar-refractivity contribution in [3.63, 3.8) is 0 Å². The van der Waals surface area contributed by atoms with E-state index in [0.29, 0.717) is 30.9 Å². The second-order valence-corrected chi connectivity index (χ2v) is 12.5. The molecule has 204 valence electrons. The Balaban J connectivity index is 1.31. The van der Waals surface area contributed by atoms with E-state index in [1.165, 1.54) is 18.6 Å². The predicted octanol–water partition coefficient (Wildman–Crippen LogP) is 5.63. The van der Waals surface area contributed by atoms with E-state index in [1.807, 2.05) is 6.92 Å². The van der Waals surface area contributed by atoms with E-state index in [0.717, 1.165) is 57.8 Å². The van der Waals surface area contributed by atoms with Crippen molar-refractivity contribution in [1.82, 2.24) is 10.6 Å². The molecule has 0 saturated heterocycles. The Bertz CT molecular complexity index is 1000. The van der Waals surface area contributed by atoms with Gasteiger partial charge in [0.2, 0.25) is 5.91 Å². The van der Waals surface area contributed by atoms with Gasteiger partial charge in [-0.2, -0.15) is 0 Å². The number of carbonyl (C=O) groups excluding carboxylic acids is 2. The van der Waals surface area contributed by atoms with Crippen molar-refractivity contribution in [2.24, 2.45) is 29.1 Å². The maximum Gasteiger partial charge on any atom is 0.255 e. The average Bonchev–Trinajstić information content (AvgIpc) is 3.46. The molecule has 2 N–H and O–H groups in total. The number of ether oxygens (including phenoxy) is 2. The Kier molecular flexibility index (Phi) is 7.69. The minimum Gasteiger partial charge on any atom is -0.493 e. The summed E-state index contributed by atoms with van der Waals surface area (Å²) < 4.78 is 26.7. The summed E-state index contributed by atoms with van der Waals surface area (Å²) in [6.07, 6.45) is 10.4. The summed E-state index contributed by atoms with van der Waals surface area (Å²) >= 11 is 0. The number of nitrogens with one attached hydrogen (secondary N) is 2. The van der Waals surface area contributed by atoms with Gasteiger partial charge in [0.25, 0.3) is 5.91 Å². The summed E-state index contributed by atoms with van der Waals surface area (Å²) in [5.74, 6) is 0.569. The van der Waals surface area contributed by atoms with Crippen LogP contribution in [0.4, 0.5) is 4.39 Å². The van der Waals surface area contributed by atoms with Gasteiger partial charge in [0, 0.05) is 18.7 Å². The maximum absolute atomic E-state index is 15.0. The van der Waals surface area contributed by atoms with Gasteiger partial charge in [0.1, 0.15) is 5.75 Å². The van der Waals surface area contributed by atoms with Gasteiger partial charge in [-0.05, 0) is 93.9 Å². The number of fused-ring (bicyclic) bond motifs is 2. The van der Waals surface area contributed by atoms with Gasteiger partial charge in [-0.25, -0.2) is 4.39 Å². The molecule has 2 bridgehead atoms. The van der Waals surface area contributed by atoms with E-state index in [1.54, 1.807) is 0 Å². The number of rotatable bonds is 9. The Morgan fingerprint density at radius 1 is 1.05 bits per heavy atom. The predicted molar refractivity (Wildman–Crippen MR) is 140 cm³/mol. The Labute approximate surface area is 220 Å². The summed E-state index contributed by atoms with van der Waals surface area (Å²) in [5.41, 5.74) is 0.477. The number of amides is 2. The zero-order valence-corrected chi connectivity index (χ0v) is 22.6. The highest BCUT2D eigenvalue weighted by atomic mass is 19.1. The first kappa shape index (κ1) is 26.3. The summed E-state index contributed by atoms with van der Waals surface area (Å²) in [4.78, 5) is 26.9. The fourth-order valence-electron chi connectivity index (χ4n) is 7.09. The monoisotopic (exact) mass is 514 g/mol. The molecular formula is C30H43FN2O4. The third-order valence-electron chi connectivity index (χ3n) is 9.60. The molecule has 37 heavy (non-hydrogen) atoms. The van der Waals surface area contributed by atoms with Crippen molar-refractivity contribution in [2.45, 2.75) is 97.1 Å². The molecule has 2 amide bonds. The number of benzene rings is 1. The van der Waals surface area contributed by atoms with Crippen LogP contribution in [0.3, 0.4) is 0 Å². The van der Waals surface area contributed by atoms with Crippen molar-refractivity contribution < 1.29 is 23.5 Å². The maximum atomic E-state index is 15.0. The molecular weight excluding hydrogens is 471 g/mol. The zero-order valence-electron chi connectivity index (χ0n) is 22.6. The van der Waals surface area contributed by atoms with Crippen LogP contribution in [-0.4, -0.2) is 37.1 Å². The average molecular weight is 515 g/mol. The van der Waals surface area contributed by atoms with Crippen molar-refractivity contribution in [3.8, 4) is 11.5 Å². The van der Waals surface area contributed by atoms with Gasteiger partial charge >= 0.3 is 0 Å². The van der Waals surface area contributed by atoms with Crippen LogP contribution in [0.25, 0.3) is 0 Å². The van der Waals surface area contributed by atoms with Crippen LogP contribution < -0.4 is 20.1 Å². The molecule has 7 heteroatoms. The second-order valence-electron chi connectivity index (χ2n) is 12.5. The van der Waals surface area contributed by atoms with Gasteiger partial charge < -0.3 is 20.1 Å². The summed E-state index contributed by atoms with van der Waals surface area (Å²) in [6.45, 7) is 7.29. The molecule has 0 heterocycles. The Morgan fingerprint density at radius 2 is 1.78 bits per heavy atom. The van der Waals surface area contributed by atoms with E-state index in [4.69, 9.17) is 9.47 Å². The van der Waals surface area contributed by atoms with Gasteiger partial charge in [0.05, 0.1) is 24.2 Å². The third-order valence-corrected chi connectivity index (χ3v) is 9.60. The molecule has 6 nitrogen and oxygen atoms in total. The van der Waals surface area contributed by atoms with Gasteiger partial charge in [0.15, 0.2) is 11.6 Å². The topological polar surface area (TPSA) is 76.7 Å². The van der Waals surface area contributed by atoms with E-state index >= 15 is 0 Å². The van der Waals surface area contributed by atoms with Crippen LogP contribution in [0.5, 0.6) is 11.5 Å². The first-order valence-corrected chi connectivity index (χ1v) is 14.5. The Morgan fingerprint density at radius 3 is 2.46 bits per heavy atom. The van der Waals surface area contributed by atoms with Gasteiger partial charge in [-0.1, -0.05) is 20.3 Å². The van der Waals surface area contributed by atoms with Crippen LogP contribution in [0, 0.1) is 34.9 Å². The normalized spacial score (nSPS) is 31.9. The third kappa shape index (κ3) is 5.61. The van der Waals surface area contributed by atoms with Gasteiger partial charge in [-0.15, -0.1) is 0 Å². The number of carbonyl (C=O) groups is 2. The molecule has 4 saturated carbocycles. The second kappa shape index (κ2) is 10.8. The molecule has 4 aliphatic rings. The summed E-state index contributed by atoms with van der Waals surface area (Å²) in [7, 11) is 0. The first-order valence-electron chi connectivity index (χ1n) is 14.5. The minimum atomic E-state index is -0.514. The highest BCUT2D eigenvalue weighted by Gasteiger charge is 2.51. The number of hydrogen-bond acceptors (Lipinski definition) is 4. The van der Waals surface area contributed by atoms with E-state index in [2.05, 4.69) is 24.5 Å². The van der Waals surface area contributed by atoms with Crippen molar-refractivity contribution in [1.29, 1.82) is 0 Å². The molecule has 0 unspecified atom stereocenters. The molecule has 0 radical (unpaired) electrons. The highest BCUT2D eigenvalue weighted by molar-refractivity contribution is 5.98. The molecule has 0 spiro atoms. The fourth-order valence-corrected chi connectivity index (χ4v) is 7.09. The van der Waals surface area contributed by atoms with E-state index in [9.17, 15) is 14.0 Å². The fraction of sp³-hybridized carbons (Fsp3) is 0.733. The van der Waals surface area contributed by atoms with Crippen LogP contribution in [0.2, 0.25) is 0 Å². The van der Waals surface area contributed by atoms with Crippen LogP contribution in [0.1, 0.15) is 95.3 Å². The van der Waals surface area contributed by atoms with Crippen molar-refractivity contribution >= 4 is 11.8 Å². The lowest BCUT2D eigenvalue weighted by atomic mass is 9.70. The molecule has 1 aromatic rings. The molecule has 4 atom stereocenters. The minimum absolute atomic E-state index is 0.0456. The lowest BCUT2D eigenvalue weighted by molar-refractivity contribution is -0.128. The Hall–Kier alpha value is -2.31.